The number of aryl methyl sites for hydroxylation is 1. The summed E-state index contributed by atoms with van der Waals surface area (Å²) in [5, 5.41) is 8.07. The number of hydrogen-bond donors (Lipinski definition) is 0. The fourth-order valence-electron chi connectivity index (χ4n) is 3.30. The normalized spacial score (nSPS) is 15.3. The maximum atomic E-state index is 13.0. The number of rotatable bonds is 2. The van der Waals surface area contributed by atoms with E-state index in [1.807, 2.05) is 12.1 Å². The number of nitrogens with zero attached hydrogens (tertiary/aromatic N) is 5. The predicted octanol–water partition coefficient (Wildman–Crippen LogP) is 1.27. The van der Waals surface area contributed by atoms with E-state index in [0.717, 1.165) is 18.8 Å². The first kappa shape index (κ1) is 16.3. The molecule has 0 bridgehead atoms. The van der Waals surface area contributed by atoms with E-state index in [9.17, 15) is 9.59 Å². The molecule has 3 aromatic rings. The van der Waals surface area contributed by atoms with Crippen LogP contribution in [0.3, 0.4) is 0 Å². The van der Waals surface area contributed by atoms with Crippen LogP contribution < -0.4 is 10.7 Å². The van der Waals surface area contributed by atoms with Crippen molar-refractivity contribution in [1.82, 2.24) is 19.7 Å². The van der Waals surface area contributed by atoms with Gasteiger partial charge in [0.25, 0.3) is 5.91 Å². The van der Waals surface area contributed by atoms with Crippen LogP contribution in [0.4, 0.5) is 5.82 Å². The van der Waals surface area contributed by atoms with E-state index in [2.05, 4.69) is 15.1 Å². The molecule has 8 nitrogen and oxygen atoms in total. The topological polar surface area (TPSA) is 84.5 Å². The summed E-state index contributed by atoms with van der Waals surface area (Å²) in [5.41, 5.74) is 1.39. The fourth-order valence-corrected chi connectivity index (χ4v) is 3.30. The van der Waals surface area contributed by atoms with Gasteiger partial charge in [-0.25, -0.2) is 4.79 Å². The maximum absolute atomic E-state index is 13.0. The van der Waals surface area contributed by atoms with Gasteiger partial charge < -0.3 is 14.2 Å². The van der Waals surface area contributed by atoms with Gasteiger partial charge in [0.2, 0.25) is 0 Å². The SMILES string of the molecule is Cn1c(=O)oc2c(C(=O)N3CCCN(c4cccnn4)CC3)cccc21. The number of aromatic nitrogens is 3. The maximum Gasteiger partial charge on any atom is 0.419 e. The lowest BCUT2D eigenvalue weighted by Gasteiger charge is -2.22. The lowest BCUT2D eigenvalue weighted by atomic mass is 10.1. The van der Waals surface area contributed by atoms with Gasteiger partial charge in [-0.3, -0.25) is 9.36 Å². The van der Waals surface area contributed by atoms with Crippen LogP contribution in [0.2, 0.25) is 0 Å². The molecule has 0 aliphatic carbocycles. The molecular weight excluding hydrogens is 334 g/mol. The highest BCUT2D eigenvalue weighted by Gasteiger charge is 2.24. The minimum Gasteiger partial charge on any atom is -0.407 e. The Balaban J connectivity index is 1.58. The molecule has 0 N–H and O–H groups in total. The van der Waals surface area contributed by atoms with E-state index in [4.69, 9.17) is 4.42 Å². The van der Waals surface area contributed by atoms with Gasteiger partial charge in [-0.15, -0.1) is 5.10 Å². The third-order valence-corrected chi connectivity index (χ3v) is 4.71. The van der Waals surface area contributed by atoms with Crippen LogP contribution in [0.15, 0.2) is 45.7 Å². The highest BCUT2D eigenvalue weighted by Crippen LogP contribution is 2.20. The van der Waals surface area contributed by atoms with Crippen molar-refractivity contribution in [3.05, 3.63) is 52.6 Å². The molecule has 1 aliphatic heterocycles. The molecule has 0 radical (unpaired) electrons. The van der Waals surface area contributed by atoms with E-state index < -0.39 is 5.76 Å². The van der Waals surface area contributed by atoms with Crippen LogP contribution in [0.1, 0.15) is 16.8 Å². The van der Waals surface area contributed by atoms with Crippen molar-refractivity contribution in [1.29, 1.82) is 0 Å². The molecule has 1 fully saturated rings. The van der Waals surface area contributed by atoms with Crippen molar-refractivity contribution in [3.8, 4) is 0 Å². The Morgan fingerprint density at radius 3 is 2.81 bits per heavy atom. The highest BCUT2D eigenvalue weighted by atomic mass is 16.4. The number of hydrogen-bond acceptors (Lipinski definition) is 6. The van der Waals surface area contributed by atoms with Crippen LogP contribution in [0, 0.1) is 0 Å². The second kappa shape index (κ2) is 6.62. The summed E-state index contributed by atoms with van der Waals surface area (Å²) in [5.74, 6) is 0.230. The summed E-state index contributed by atoms with van der Waals surface area (Å²) in [6.07, 6.45) is 2.47. The Hall–Kier alpha value is -3.16. The van der Waals surface area contributed by atoms with E-state index in [1.54, 1.807) is 36.3 Å². The third kappa shape index (κ3) is 2.83. The quantitative estimate of drug-likeness (QED) is 0.690. The first-order valence-corrected chi connectivity index (χ1v) is 8.55. The summed E-state index contributed by atoms with van der Waals surface area (Å²) < 4.78 is 6.70. The number of oxazole rings is 1. The molecule has 8 heteroatoms. The van der Waals surface area contributed by atoms with Gasteiger partial charge >= 0.3 is 5.76 Å². The second-order valence-corrected chi connectivity index (χ2v) is 6.30. The van der Waals surface area contributed by atoms with Crippen molar-refractivity contribution >= 4 is 22.8 Å². The Kier molecular flexibility index (Phi) is 4.16. The van der Waals surface area contributed by atoms with E-state index in [0.29, 0.717) is 36.3 Å². The van der Waals surface area contributed by atoms with Crippen molar-refractivity contribution < 1.29 is 9.21 Å². The monoisotopic (exact) mass is 353 g/mol. The first-order valence-electron chi connectivity index (χ1n) is 8.55. The number of carbonyl (C=O) groups excluding carboxylic acids is 1. The van der Waals surface area contributed by atoms with Gasteiger partial charge in [-0.1, -0.05) is 6.07 Å². The Labute approximate surface area is 149 Å². The Bertz CT molecular complexity index is 995. The minimum absolute atomic E-state index is 0.119. The lowest BCUT2D eigenvalue weighted by molar-refractivity contribution is 0.0768. The van der Waals surface area contributed by atoms with Crippen molar-refractivity contribution in [2.75, 3.05) is 31.1 Å². The number of para-hydroxylation sites is 1. The van der Waals surface area contributed by atoms with Gasteiger partial charge in [-0.05, 0) is 30.7 Å². The zero-order valence-electron chi connectivity index (χ0n) is 14.5. The van der Waals surface area contributed by atoms with Gasteiger partial charge in [0.15, 0.2) is 11.4 Å². The van der Waals surface area contributed by atoms with Crippen LogP contribution in [0.5, 0.6) is 0 Å². The first-order chi connectivity index (χ1) is 12.6. The number of anilines is 1. The second-order valence-electron chi connectivity index (χ2n) is 6.30. The fraction of sp³-hybridized carbons (Fsp3) is 0.333. The summed E-state index contributed by atoms with van der Waals surface area (Å²) in [6, 6.07) is 9.03. The molecule has 1 amide bonds. The molecule has 0 atom stereocenters. The largest absolute Gasteiger partial charge is 0.419 e. The molecule has 0 spiro atoms. The molecule has 0 saturated carbocycles. The van der Waals surface area contributed by atoms with Gasteiger partial charge in [-0.2, -0.15) is 5.10 Å². The molecule has 1 aliphatic rings. The van der Waals surface area contributed by atoms with Crippen molar-refractivity contribution in [2.45, 2.75) is 6.42 Å². The molecular formula is C18H19N5O3. The molecule has 4 rings (SSSR count). The van der Waals surface area contributed by atoms with Crippen molar-refractivity contribution in [3.63, 3.8) is 0 Å². The smallest absolute Gasteiger partial charge is 0.407 e. The summed E-state index contributed by atoms with van der Waals surface area (Å²) in [4.78, 5) is 28.8. The molecule has 1 aromatic carbocycles. The highest BCUT2D eigenvalue weighted by molar-refractivity contribution is 6.04. The zero-order valence-corrected chi connectivity index (χ0v) is 14.5. The number of carbonyl (C=O) groups is 1. The summed E-state index contributed by atoms with van der Waals surface area (Å²) in [7, 11) is 1.63. The summed E-state index contributed by atoms with van der Waals surface area (Å²) >= 11 is 0. The Morgan fingerprint density at radius 1 is 1.12 bits per heavy atom. The van der Waals surface area contributed by atoms with Gasteiger partial charge in [0, 0.05) is 39.4 Å². The van der Waals surface area contributed by atoms with E-state index >= 15 is 0 Å². The van der Waals surface area contributed by atoms with Gasteiger partial charge in [0.05, 0.1) is 11.1 Å². The average Bonchev–Trinajstić information content (AvgIpc) is 2.86. The van der Waals surface area contributed by atoms with E-state index in [1.165, 1.54) is 4.57 Å². The third-order valence-electron chi connectivity index (χ3n) is 4.71. The van der Waals surface area contributed by atoms with E-state index in [-0.39, 0.29) is 5.91 Å². The van der Waals surface area contributed by atoms with Gasteiger partial charge in [0.1, 0.15) is 0 Å². The molecule has 2 aromatic heterocycles. The van der Waals surface area contributed by atoms with Crippen molar-refractivity contribution in [2.24, 2.45) is 7.05 Å². The van der Waals surface area contributed by atoms with Crippen LogP contribution >= 0.6 is 0 Å². The molecule has 3 heterocycles. The number of fused-ring (bicyclic) bond motifs is 1. The lowest BCUT2D eigenvalue weighted by Crippen LogP contribution is -2.35. The molecule has 26 heavy (non-hydrogen) atoms. The number of benzene rings is 1. The van der Waals surface area contributed by atoms with Crippen LogP contribution in [-0.2, 0) is 7.05 Å². The predicted molar refractivity (Wildman–Crippen MR) is 96.2 cm³/mol. The molecule has 0 unspecified atom stereocenters. The van der Waals surface area contributed by atoms with Crippen LogP contribution in [-0.4, -0.2) is 51.8 Å². The summed E-state index contributed by atoms with van der Waals surface area (Å²) in [6.45, 7) is 2.71. The number of amides is 1. The Morgan fingerprint density at radius 2 is 2.00 bits per heavy atom. The standard InChI is InChI=1S/C18H19N5O3/c1-21-14-6-2-5-13(16(14)26-18(21)25)17(24)23-10-4-9-22(11-12-23)15-7-3-8-19-20-15/h2-3,5-8H,4,9-12H2,1H3. The molecule has 1 saturated heterocycles. The zero-order chi connectivity index (χ0) is 18.1. The molecule has 134 valence electrons. The minimum atomic E-state index is -0.468. The van der Waals surface area contributed by atoms with Crippen LogP contribution in [0.25, 0.3) is 11.1 Å². The average molecular weight is 353 g/mol.